The average molecular weight is 189 g/mol. The molecule has 0 saturated carbocycles. The van der Waals surface area contributed by atoms with Gasteiger partial charge in [-0.25, -0.2) is 5.01 Å². The first-order valence-electron chi connectivity index (χ1n) is 4.77. The molecule has 2 aliphatic heterocycles. The Hall–Kier alpha value is -1.42. The molecular formula is C10H11N3O. The molecule has 3 rings (SSSR count). The normalized spacial score (nSPS) is 28.8. The van der Waals surface area contributed by atoms with Crippen LogP contribution in [0.3, 0.4) is 0 Å². The first kappa shape index (κ1) is 7.94. The molecule has 0 aromatic heterocycles. The highest BCUT2D eigenvalue weighted by Gasteiger charge is 2.34. The Morgan fingerprint density at radius 2 is 2.29 bits per heavy atom. The smallest absolute Gasteiger partial charge is 0.175 e. The van der Waals surface area contributed by atoms with Crippen LogP contribution in [0.2, 0.25) is 0 Å². The molecule has 2 heterocycles. The number of rotatable bonds is 0. The Balaban J connectivity index is 2.07. The molecule has 0 bridgehead atoms. The Labute approximate surface area is 82.2 Å². The van der Waals surface area contributed by atoms with Crippen molar-refractivity contribution in [2.75, 3.05) is 6.54 Å². The molecule has 1 aromatic carbocycles. The Kier molecular flexibility index (Phi) is 1.58. The molecule has 2 unspecified atom stereocenters. The first-order valence-corrected chi connectivity index (χ1v) is 4.77. The summed E-state index contributed by atoms with van der Waals surface area (Å²) in [6.07, 6.45) is 0.198. The minimum Gasteiger partial charge on any atom is -0.348 e. The molecule has 1 fully saturated rings. The lowest BCUT2D eigenvalue weighted by atomic mass is 10.1. The highest BCUT2D eigenvalue weighted by atomic mass is 16.5. The third-order valence-electron chi connectivity index (χ3n) is 2.55. The van der Waals surface area contributed by atoms with Gasteiger partial charge in [0.1, 0.15) is 0 Å². The second kappa shape index (κ2) is 2.78. The van der Waals surface area contributed by atoms with Gasteiger partial charge in [0.05, 0.1) is 18.3 Å². The molecule has 1 saturated heterocycles. The molecule has 72 valence electrons. The van der Waals surface area contributed by atoms with Crippen molar-refractivity contribution in [3.05, 3.63) is 29.8 Å². The van der Waals surface area contributed by atoms with E-state index in [2.05, 4.69) is 17.3 Å². The monoisotopic (exact) mass is 189 g/mol. The van der Waals surface area contributed by atoms with Crippen molar-refractivity contribution in [2.24, 2.45) is 10.3 Å². The summed E-state index contributed by atoms with van der Waals surface area (Å²) in [4.78, 5) is 0. The Bertz CT molecular complexity index is 391. The van der Waals surface area contributed by atoms with Gasteiger partial charge in [-0.2, -0.15) is 0 Å². The van der Waals surface area contributed by atoms with E-state index >= 15 is 0 Å². The number of fused-ring (bicyclic) bond motifs is 3. The van der Waals surface area contributed by atoms with E-state index in [1.807, 2.05) is 29.3 Å². The Morgan fingerprint density at radius 1 is 1.43 bits per heavy atom. The van der Waals surface area contributed by atoms with Crippen LogP contribution in [0, 0.1) is 0 Å². The van der Waals surface area contributed by atoms with Crippen molar-refractivity contribution < 1.29 is 4.74 Å². The topological polar surface area (TPSA) is 37.2 Å². The highest BCUT2D eigenvalue weighted by molar-refractivity contribution is 5.47. The van der Waals surface area contributed by atoms with Crippen LogP contribution in [0.5, 0.6) is 0 Å². The summed E-state index contributed by atoms with van der Waals surface area (Å²) in [5.41, 5.74) is 2.04. The number of nitrogens with zero attached hydrogens (tertiary/aromatic N) is 3. The summed E-state index contributed by atoms with van der Waals surface area (Å²) in [5.74, 6) is 0. The van der Waals surface area contributed by atoms with Gasteiger partial charge >= 0.3 is 0 Å². The maximum absolute atomic E-state index is 5.76. The van der Waals surface area contributed by atoms with Crippen molar-refractivity contribution >= 4 is 5.69 Å². The summed E-state index contributed by atoms with van der Waals surface area (Å²) >= 11 is 0. The molecule has 0 amide bonds. The van der Waals surface area contributed by atoms with Gasteiger partial charge in [0.2, 0.25) is 0 Å². The van der Waals surface area contributed by atoms with E-state index in [1.54, 1.807) is 0 Å². The lowest BCUT2D eigenvalue weighted by Crippen LogP contribution is -2.19. The van der Waals surface area contributed by atoms with E-state index in [0.717, 1.165) is 17.8 Å². The van der Waals surface area contributed by atoms with Crippen molar-refractivity contribution in [1.82, 2.24) is 5.01 Å². The molecule has 0 aliphatic carbocycles. The van der Waals surface area contributed by atoms with E-state index in [4.69, 9.17) is 4.74 Å². The second-order valence-corrected chi connectivity index (χ2v) is 3.67. The summed E-state index contributed by atoms with van der Waals surface area (Å²) < 4.78 is 5.76. The fraction of sp³-hybridized carbons (Fsp3) is 0.400. The van der Waals surface area contributed by atoms with Gasteiger partial charge in [-0.1, -0.05) is 23.4 Å². The SMILES string of the molecule is CC1CN2N=Nc3ccccc3C2O1. The zero-order valence-corrected chi connectivity index (χ0v) is 7.92. The fourth-order valence-corrected chi connectivity index (χ4v) is 1.90. The van der Waals surface area contributed by atoms with Gasteiger partial charge in [-0.3, -0.25) is 0 Å². The van der Waals surface area contributed by atoms with Crippen molar-refractivity contribution in [3.8, 4) is 0 Å². The summed E-state index contributed by atoms with van der Waals surface area (Å²) in [6, 6.07) is 7.97. The van der Waals surface area contributed by atoms with Gasteiger partial charge in [-0.05, 0) is 13.0 Å². The minimum atomic E-state index is -0.0290. The quantitative estimate of drug-likeness (QED) is 0.628. The third-order valence-corrected chi connectivity index (χ3v) is 2.55. The molecule has 4 heteroatoms. The summed E-state index contributed by atoms with van der Waals surface area (Å²) in [6.45, 7) is 2.87. The van der Waals surface area contributed by atoms with E-state index in [1.165, 1.54) is 0 Å². The van der Waals surface area contributed by atoms with Crippen LogP contribution < -0.4 is 0 Å². The fourth-order valence-electron chi connectivity index (χ4n) is 1.90. The number of hydrogen-bond donors (Lipinski definition) is 0. The van der Waals surface area contributed by atoms with Crippen molar-refractivity contribution in [2.45, 2.75) is 19.3 Å². The van der Waals surface area contributed by atoms with E-state index in [9.17, 15) is 0 Å². The zero-order valence-electron chi connectivity index (χ0n) is 7.92. The lowest BCUT2D eigenvalue weighted by molar-refractivity contribution is -0.000570. The van der Waals surface area contributed by atoms with Crippen LogP contribution in [0.1, 0.15) is 18.7 Å². The zero-order chi connectivity index (χ0) is 9.54. The lowest BCUT2D eigenvalue weighted by Gasteiger charge is -2.23. The molecule has 14 heavy (non-hydrogen) atoms. The molecule has 1 aromatic rings. The third kappa shape index (κ3) is 1.04. The summed E-state index contributed by atoms with van der Waals surface area (Å²) in [5, 5.41) is 10.2. The maximum Gasteiger partial charge on any atom is 0.175 e. The molecule has 0 radical (unpaired) electrons. The van der Waals surface area contributed by atoms with Gasteiger partial charge in [0.25, 0.3) is 0 Å². The first-order chi connectivity index (χ1) is 6.84. The van der Waals surface area contributed by atoms with Crippen LogP contribution in [0.4, 0.5) is 5.69 Å². The molecule has 2 atom stereocenters. The predicted octanol–water partition coefficient (Wildman–Crippen LogP) is 2.42. The molecular weight excluding hydrogens is 178 g/mol. The van der Waals surface area contributed by atoms with Gasteiger partial charge in [0.15, 0.2) is 6.23 Å². The van der Waals surface area contributed by atoms with Crippen LogP contribution in [0.15, 0.2) is 34.6 Å². The molecule has 2 aliphatic rings. The average Bonchev–Trinajstić information content (AvgIpc) is 2.59. The van der Waals surface area contributed by atoms with Crippen LogP contribution >= 0.6 is 0 Å². The van der Waals surface area contributed by atoms with Crippen LogP contribution in [0.25, 0.3) is 0 Å². The number of ether oxygens (including phenoxy) is 1. The maximum atomic E-state index is 5.76. The van der Waals surface area contributed by atoms with Crippen molar-refractivity contribution in [3.63, 3.8) is 0 Å². The predicted molar refractivity (Wildman–Crippen MR) is 51.0 cm³/mol. The minimum absolute atomic E-state index is 0.0290. The van der Waals surface area contributed by atoms with Crippen molar-refractivity contribution in [1.29, 1.82) is 0 Å². The van der Waals surface area contributed by atoms with E-state index in [-0.39, 0.29) is 12.3 Å². The number of benzene rings is 1. The van der Waals surface area contributed by atoms with Gasteiger partial charge in [-0.15, -0.1) is 5.11 Å². The Morgan fingerprint density at radius 3 is 3.21 bits per heavy atom. The van der Waals surface area contributed by atoms with E-state index < -0.39 is 0 Å². The molecule has 0 N–H and O–H groups in total. The second-order valence-electron chi connectivity index (χ2n) is 3.67. The highest BCUT2D eigenvalue weighted by Crippen LogP contribution is 2.39. The molecule has 0 spiro atoms. The van der Waals surface area contributed by atoms with Gasteiger partial charge < -0.3 is 4.74 Å². The van der Waals surface area contributed by atoms with Crippen LogP contribution in [-0.2, 0) is 4.74 Å². The largest absolute Gasteiger partial charge is 0.348 e. The van der Waals surface area contributed by atoms with Crippen LogP contribution in [-0.4, -0.2) is 17.7 Å². The molecule has 4 nitrogen and oxygen atoms in total. The standard InChI is InChI=1S/C10H11N3O/c1-7-6-13-10(14-7)8-4-2-3-5-9(8)11-12-13/h2-5,7,10H,6H2,1H3. The summed E-state index contributed by atoms with van der Waals surface area (Å²) in [7, 11) is 0. The van der Waals surface area contributed by atoms with Gasteiger partial charge in [0, 0.05) is 5.56 Å². The van der Waals surface area contributed by atoms with E-state index in [0.29, 0.717) is 0 Å². The number of hydrogen-bond acceptors (Lipinski definition) is 4.